The minimum atomic E-state index is 0.128. The third-order valence-corrected chi connectivity index (χ3v) is 5.60. The number of methoxy groups -OCH3 is 2. The molecule has 0 saturated heterocycles. The topological polar surface area (TPSA) is 48.4 Å². The number of ketones is 1. The Morgan fingerprint density at radius 3 is 2.62 bits per heavy atom. The fourth-order valence-corrected chi connectivity index (χ4v) is 4.01. The summed E-state index contributed by atoms with van der Waals surface area (Å²) in [4.78, 5) is 17.6. The third-order valence-electron chi connectivity index (χ3n) is 3.60. The van der Waals surface area contributed by atoms with Crippen molar-refractivity contribution >= 4 is 39.8 Å². The fourth-order valence-electron chi connectivity index (χ4n) is 2.38. The van der Waals surface area contributed by atoms with Crippen LogP contribution in [0.5, 0.6) is 11.5 Å². The van der Waals surface area contributed by atoms with Crippen molar-refractivity contribution in [1.82, 2.24) is 4.98 Å². The minimum absolute atomic E-state index is 0.128. The van der Waals surface area contributed by atoms with Gasteiger partial charge in [0.05, 0.1) is 30.4 Å². The first-order chi connectivity index (χ1) is 11.6. The molecule has 6 heteroatoms. The zero-order valence-corrected chi connectivity index (χ0v) is 15.3. The molecular weight excluding hydrogens is 342 g/mol. The smallest absolute Gasteiger partial charge is 0.183 e. The van der Waals surface area contributed by atoms with Gasteiger partial charge in [0.1, 0.15) is 5.03 Å². The first-order valence-electron chi connectivity index (χ1n) is 7.35. The van der Waals surface area contributed by atoms with Gasteiger partial charge < -0.3 is 9.47 Å². The number of aryl methyl sites for hydroxylation is 1. The highest BCUT2D eigenvalue weighted by Crippen LogP contribution is 2.33. The zero-order valence-electron chi connectivity index (χ0n) is 13.7. The number of pyridine rings is 1. The molecule has 24 heavy (non-hydrogen) atoms. The molecule has 3 rings (SSSR count). The molecule has 0 atom stereocenters. The Hall–Kier alpha value is -2.05. The van der Waals surface area contributed by atoms with Crippen molar-refractivity contribution < 1.29 is 14.3 Å². The molecule has 0 spiro atoms. The first-order valence-corrected chi connectivity index (χ1v) is 9.21. The molecule has 4 nitrogen and oxygen atoms in total. The number of ether oxygens (including phenoxy) is 2. The molecule has 3 aromatic rings. The Morgan fingerprint density at radius 1 is 1.21 bits per heavy atom. The van der Waals surface area contributed by atoms with Crippen molar-refractivity contribution in [3.8, 4) is 11.5 Å². The number of carbonyl (C=O) groups is 1. The Balaban J connectivity index is 1.88. The largest absolute Gasteiger partial charge is 0.493 e. The number of thiophene rings is 1. The summed E-state index contributed by atoms with van der Waals surface area (Å²) < 4.78 is 10.7. The van der Waals surface area contributed by atoms with E-state index in [1.807, 2.05) is 36.6 Å². The van der Waals surface area contributed by atoms with Crippen molar-refractivity contribution in [3.63, 3.8) is 0 Å². The zero-order chi connectivity index (χ0) is 17.1. The summed E-state index contributed by atoms with van der Waals surface area (Å²) in [6.07, 6.45) is 0. The van der Waals surface area contributed by atoms with Gasteiger partial charge in [-0.2, -0.15) is 0 Å². The van der Waals surface area contributed by atoms with Crippen LogP contribution < -0.4 is 9.47 Å². The quantitative estimate of drug-likeness (QED) is 0.476. The van der Waals surface area contributed by atoms with Crippen molar-refractivity contribution in [2.24, 2.45) is 0 Å². The molecule has 0 bridgehead atoms. The van der Waals surface area contributed by atoms with E-state index < -0.39 is 0 Å². The summed E-state index contributed by atoms with van der Waals surface area (Å²) in [5, 5.41) is 3.76. The van der Waals surface area contributed by atoms with E-state index in [0.29, 0.717) is 17.3 Å². The highest BCUT2D eigenvalue weighted by molar-refractivity contribution is 8.00. The number of carbonyl (C=O) groups excluding carboxylic acids is 1. The number of hydrogen-bond donors (Lipinski definition) is 0. The van der Waals surface area contributed by atoms with Crippen LogP contribution in [-0.4, -0.2) is 30.7 Å². The van der Waals surface area contributed by atoms with Crippen LogP contribution in [0.3, 0.4) is 0 Å². The molecular formula is C18H17NO3S2. The minimum Gasteiger partial charge on any atom is -0.493 e. The van der Waals surface area contributed by atoms with Gasteiger partial charge in [0.25, 0.3) is 0 Å². The Labute approximate surface area is 148 Å². The van der Waals surface area contributed by atoms with Gasteiger partial charge in [0, 0.05) is 11.5 Å². The highest BCUT2D eigenvalue weighted by atomic mass is 32.2. The van der Waals surface area contributed by atoms with Crippen LogP contribution in [-0.2, 0) is 0 Å². The third kappa shape index (κ3) is 3.39. The molecule has 0 amide bonds. The first kappa shape index (κ1) is 16.8. The van der Waals surface area contributed by atoms with Crippen molar-refractivity contribution in [2.75, 3.05) is 20.0 Å². The average molecular weight is 359 g/mol. The van der Waals surface area contributed by atoms with Crippen LogP contribution in [0.2, 0.25) is 0 Å². The number of aromatic nitrogens is 1. The summed E-state index contributed by atoms with van der Waals surface area (Å²) in [5.41, 5.74) is 1.86. The summed E-state index contributed by atoms with van der Waals surface area (Å²) in [7, 11) is 3.22. The molecule has 124 valence electrons. The van der Waals surface area contributed by atoms with Crippen LogP contribution in [0.4, 0.5) is 0 Å². The maximum absolute atomic E-state index is 12.2. The average Bonchev–Trinajstić information content (AvgIpc) is 3.13. The van der Waals surface area contributed by atoms with Gasteiger partial charge in [0.15, 0.2) is 17.3 Å². The van der Waals surface area contributed by atoms with Crippen LogP contribution in [0.1, 0.15) is 15.2 Å². The standard InChI is InChI=1S/C18H17NO3S2/c1-11-7-12-8-15(21-2)16(22-3)9-13(12)19-18(11)24-10-14(20)17-5-4-6-23-17/h4-9H,10H2,1-3H3. The Kier molecular flexibility index (Phi) is 5.06. The van der Waals surface area contributed by atoms with Gasteiger partial charge in [-0.1, -0.05) is 17.8 Å². The van der Waals surface area contributed by atoms with Gasteiger partial charge in [-0.3, -0.25) is 4.79 Å². The lowest BCUT2D eigenvalue weighted by atomic mass is 10.1. The van der Waals surface area contributed by atoms with Gasteiger partial charge >= 0.3 is 0 Å². The van der Waals surface area contributed by atoms with E-state index in [1.165, 1.54) is 23.1 Å². The van der Waals surface area contributed by atoms with Crippen molar-refractivity contribution in [3.05, 3.63) is 46.2 Å². The number of Topliss-reactive ketones (excluding diaryl/α,β-unsaturated/α-hetero) is 1. The van der Waals surface area contributed by atoms with Gasteiger partial charge in [-0.15, -0.1) is 11.3 Å². The molecule has 1 aromatic carbocycles. The van der Waals surface area contributed by atoms with E-state index in [1.54, 1.807) is 14.2 Å². The van der Waals surface area contributed by atoms with E-state index in [0.717, 1.165) is 26.4 Å². The highest BCUT2D eigenvalue weighted by Gasteiger charge is 2.12. The van der Waals surface area contributed by atoms with Gasteiger partial charge in [-0.25, -0.2) is 4.98 Å². The van der Waals surface area contributed by atoms with Gasteiger partial charge in [0.2, 0.25) is 0 Å². The number of benzene rings is 1. The Morgan fingerprint density at radius 2 is 1.96 bits per heavy atom. The molecule has 0 aliphatic heterocycles. The molecule has 0 fully saturated rings. The lowest BCUT2D eigenvalue weighted by Gasteiger charge is -2.11. The fraction of sp³-hybridized carbons (Fsp3) is 0.222. The summed E-state index contributed by atoms with van der Waals surface area (Å²) >= 11 is 2.93. The molecule has 0 saturated carbocycles. The lowest BCUT2D eigenvalue weighted by molar-refractivity contribution is 0.102. The van der Waals surface area contributed by atoms with Crippen LogP contribution in [0, 0.1) is 6.92 Å². The predicted molar refractivity (Wildman–Crippen MR) is 99.0 cm³/mol. The van der Waals surface area contributed by atoms with Gasteiger partial charge in [-0.05, 0) is 36.1 Å². The summed E-state index contributed by atoms with van der Waals surface area (Å²) in [6, 6.07) is 9.58. The number of nitrogens with zero attached hydrogens (tertiary/aromatic N) is 1. The molecule has 0 aliphatic carbocycles. The number of rotatable bonds is 6. The van der Waals surface area contributed by atoms with E-state index in [-0.39, 0.29) is 5.78 Å². The number of hydrogen-bond acceptors (Lipinski definition) is 6. The molecule has 0 aliphatic rings. The molecule has 2 heterocycles. The molecule has 0 radical (unpaired) electrons. The Bertz CT molecular complexity index is 876. The van der Waals surface area contributed by atoms with E-state index in [2.05, 4.69) is 6.07 Å². The predicted octanol–water partition coefficient (Wildman–Crippen LogP) is 4.60. The summed E-state index contributed by atoms with van der Waals surface area (Å²) in [6.45, 7) is 2.00. The monoisotopic (exact) mass is 359 g/mol. The molecule has 0 N–H and O–H groups in total. The maximum atomic E-state index is 12.2. The van der Waals surface area contributed by atoms with E-state index in [4.69, 9.17) is 14.5 Å². The lowest BCUT2D eigenvalue weighted by Crippen LogP contribution is -2.00. The normalized spacial score (nSPS) is 10.8. The number of fused-ring (bicyclic) bond motifs is 1. The SMILES string of the molecule is COc1cc2cc(C)c(SCC(=O)c3cccs3)nc2cc1OC. The number of thioether (sulfide) groups is 1. The summed E-state index contributed by atoms with van der Waals surface area (Å²) in [5.74, 6) is 1.84. The van der Waals surface area contributed by atoms with Crippen LogP contribution >= 0.6 is 23.1 Å². The second-order valence-electron chi connectivity index (χ2n) is 5.20. The maximum Gasteiger partial charge on any atom is 0.183 e. The van der Waals surface area contributed by atoms with Crippen LogP contribution in [0.15, 0.2) is 40.7 Å². The van der Waals surface area contributed by atoms with Crippen LogP contribution in [0.25, 0.3) is 10.9 Å². The second kappa shape index (κ2) is 7.23. The van der Waals surface area contributed by atoms with E-state index in [9.17, 15) is 4.79 Å². The molecule has 0 unspecified atom stereocenters. The van der Waals surface area contributed by atoms with Crippen molar-refractivity contribution in [2.45, 2.75) is 11.9 Å². The molecule has 2 aromatic heterocycles. The van der Waals surface area contributed by atoms with E-state index >= 15 is 0 Å². The second-order valence-corrected chi connectivity index (χ2v) is 7.11. The van der Waals surface area contributed by atoms with Crippen molar-refractivity contribution in [1.29, 1.82) is 0 Å².